The van der Waals surface area contributed by atoms with Crippen molar-refractivity contribution in [3.63, 3.8) is 0 Å². The Hall–Kier alpha value is -2.76. The maximum absolute atomic E-state index is 12.5. The van der Waals surface area contributed by atoms with Gasteiger partial charge in [0.15, 0.2) is 0 Å². The summed E-state index contributed by atoms with van der Waals surface area (Å²) >= 11 is 7.46. The Bertz CT molecular complexity index is 1040. The third-order valence-electron chi connectivity index (χ3n) is 3.69. The molecule has 1 amide bonds. The number of benzene rings is 2. The fourth-order valence-corrected chi connectivity index (χ4v) is 3.68. The Kier molecular flexibility index (Phi) is 4.17. The molecule has 2 heterocycles. The Morgan fingerprint density at radius 2 is 1.84 bits per heavy atom. The molecular formula is C19H12ClN3OS. The molecule has 0 aliphatic heterocycles. The van der Waals surface area contributed by atoms with E-state index in [1.54, 1.807) is 17.4 Å². The molecular weight excluding hydrogens is 354 g/mol. The number of nitrogens with zero attached hydrogens (tertiary/aromatic N) is 2. The number of carbonyl (C=O) groups is 1. The average Bonchev–Trinajstić information content (AvgIpc) is 3.06. The summed E-state index contributed by atoms with van der Waals surface area (Å²) in [5.74, 6) is -0.238. The van der Waals surface area contributed by atoms with Gasteiger partial charge in [-0.1, -0.05) is 35.9 Å². The lowest BCUT2D eigenvalue weighted by Crippen LogP contribution is -2.12. The van der Waals surface area contributed by atoms with E-state index in [4.69, 9.17) is 11.6 Å². The molecule has 0 atom stereocenters. The van der Waals surface area contributed by atoms with Gasteiger partial charge in [0.1, 0.15) is 10.2 Å². The number of thiazole rings is 1. The number of pyridine rings is 1. The molecule has 6 heteroatoms. The van der Waals surface area contributed by atoms with Crippen LogP contribution in [0.1, 0.15) is 10.4 Å². The van der Waals surface area contributed by atoms with Crippen molar-refractivity contribution in [3.05, 3.63) is 77.6 Å². The van der Waals surface area contributed by atoms with Crippen molar-refractivity contribution in [3.8, 4) is 10.6 Å². The maximum atomic E-state index is 12.5. The molecule has 4 nitrogen and oxygen atoms in total. The number of nitrogens with one attached hydrogen (secondary N) is 1. The molecule has 2 aromatic carbocycles. The van der Waals surface area contributed by atoms with Crippen LogP contribution in [0.4, 0.5) is 5.69 Å². The molecule has 0 saturated carbocycles. The Morgan fingerprint density at radius 3 is 2.68 bits per heavy atom. The summed E-state index contributed by atoms with van der Waals surface area (Å²) in [6.45, 7) is 0. The number of carbonyl (C=O) groups excluding carboxylic acids is 1. The third kappa shape index (κ3) is 3.24. The van der Waals surface area contributed by atoms with E-state index in [1.165, 1.54) is 12.3 Å². The Morgan fingerprint density at radius 1 is 1.04 bits per heavy atom. The molecule has 1 N–H and O–H groups in total. The molecule has 0 aliphatic carbocycles. The van der Waals surface area contributed by atoms with Crippen molar-refractivity contribution in [2.24, 2.45) is 0 Å². The molecule has 0 saturated heterocycles. The number of amides is 1. The fraction of sp³-hybridized carbons (Fsp3) is 0. The zero-order chi connectivity index (χ0) is 17.2. The van der Waals surface area contributed by atoms with E-state index in [0.29, 0.717) is 11.3 Å². The highest BCUT2D eigenvalue weighted by Crippen LogP contribution is 2.34. The lowest BCUT2D eigenvalue weighted by Gasteiger charge is -2.09. The van der Waals surface area contributed by atoms with Gasteiger partial charge < -0.3 is 5.32 Å². The number of anilines is 1. The molecule has 25 heavy (non-hydrogen) atoms. The molecule has 0 aliphatic rings. The van der Waals surface area contributed by atoms with Crippen LogP contribution in [-0.4, -0.2) is 15.9 Å². The number of hydrogen-bond acceptors (Lipinski definition) is 4. The van der Waals surface area contributed by atoms with E-state index in [2.05, 4.69) is 15.3 Å². The number of aromatic nitrogens is 2. The molecule has 0 radical (unpaired) electrons. The Balaban J connectivity index is 1.70. The van der Waals surface area contributed by atoms with Crippen molar-refractivity contribution in [1.82, 2.24) is 9.97 Å². The van der Waals surface area contributed by atoms with E-state index in [0.717, 1.165) is 20.8 Å². The van der Waals surface area contributed by atoms with E-state index < -0.39 is 0 Å². The van der Waals surface area contributed by atoms with E-state index in [-0.39, 0.29) is 11.1 Å². The summed E-state index contributed by atoms with van der Waals surface area (Å²) in [6, 6.07) is 18.8. The monoisotopic (exact) mass is 365 g/mol. The zero-order valence-electron chi connectivity index (χ0n) is 12.9. The molecule has 122 valence electrons. The van der Waals surface area contributed by atoms with Crippen LogP contribution in [0, 0.1) is 0 Å². The van der Waals surface area contributed by atoms with Crippen LogP contribution in [0.15, 0.2) is 66.9 Å². The minimum Gasteiger partial charge on any atom is -0.321 e. The highest BCUT2D eigenvalue weighted by atomic mass is 35.5. The first-order chi connectivity index (χ1) is 12.2. The van der Waals surface area contributed by atoms with Gasteiger partial charge in [0.05, 0.1) is 15.9 Å². The predicted octanol–water partition coefficient (Wildman–Crippen LogP) is 5.26. The lowest BCUT2D eigenvalue weighted by molar-refractivity contribution is 0.102. The van der Waals surface area contributed by atoms with Gasteiger partial charge in [0.25, 0.3) is 5.91 Å². The molecule has 0 unspecified atom stereocenters. The van der Waals surface area contributed by atoms with Crippen LogP contribution in [0.2, 0.25) is 5.15 Å². The molecule has 2 aromatic heterocycles. The number of halogens is 1. The lowest BCUT2D eigenvalue weighted by atomic mass is 10.1. The van der Waals surface area contributed by atoms with Crippen LogP contribution >= 0.6 is 22.9 Å². The van der Waals surface area contributed by atoms with Gasteiger partial charge in [0.2, 0.25) is 0 Å². The standard InChI is InChI=1S/C19H12ClN3OS/c20-17-11-12(9-10-21-17)18(24)22-14-6-2-1-5-13(14)19-23-15-7-3-4-8-16(15)25-19/h1-11H,(H,22,24). The van der Waals surface area contributed by atoms with Crippen molar-refractivity contribution >= 4 is 44.7 Å². The molecule has 4 aromatic rings. The van der Waals surface area contributed by atoms with E-state index in [9.17, 15) is 4.79 Å². The first kappa shape index (κ1) is 15.7. The first-order valence-corrected chi connectivity index (χ1v) is 8.78. The second-order valence-corrected chi connectivity index (χ2v) is 6.77. The van der Waals surface area contributed by atoms with Crippen molar-refractivity contribution < 1.29 is 4.79 Å². The predicted molar refractivity (Wildman–Crippen MR) is 102 cm³/mol. The van der Waals surface area contributed by atoms with Crippen LogP contribution < -0.4 is 5.32 Å². The zero-order valence-corrected chi connectivity index (χ0v) is 14.5. The first-order valence-electron chi connectivity index (χ1n) is 7.58. The van der Waals surface area contributed by atoms with Crippen molar-refractivity contribution in [2.45, 2.75) is 0 Å². The van der Waals surface area contributed by atoms with Gasteiger partial charge >= 0.3 is 0 Å². The fourth-order valence-electron chi connectivity index (χ4n) is 2.50. The highest BCUT2D eigenvalue weighted by molar-refractivity contribution is 7.21. The van der Waals surface area contributed by atoms with Crippen LogP contribution in [-0.2, 0) is 0 Å². The van der Waals surface area contributed by atoms with Crippen LogP contribution in [0.5, 0.6) is 0 Å². The van der Waals surface area contributed by atoms with E-state index in [1.807, 2.05) is 48.5 Å². The number of hydrogen-bond donors (Lipinski definition) is 1. The maximum Gasteiger partial charge on any atom is 0.255 e. The second kappa shape index (κ2) is 6.63. The molecule has 0 fully saturated rings. The molecule has 0 spiro atoms. The summed E-state index contributed by atoms with van der Waals surface area (Å²) in [5, 5.41) is 4.09. The smallest absolute Gasteiger partial charge is 0.255 e. The van der Waals surface area contributed by atoms with Crippen LogP contribution in [0.25, 0.3) is 20.8 Å². The largest absolute Gasteiger partial charge is 0.321 e. The van der Waals surface area contributed by atoms with Crippen LogP contribution in [0.3, 0.4) is 0 Å². The summed E-state index contributed by atoms with van der Waals surface area (Å²) in [6.07, 6.45) is 1.51. The highest BCUT2D eigenvalue weighted by Gasteiger charge is 2.13. The van der Waals surface area contributed by atoms with Crippen molar-refractivity contribution in [2.75, 3.05) is 5.32 Å². The third-order valence-corrected chi connectivity index (χ3v) is 4.96. The molecule has 0 bridgehead atoms. The summed E-state index contributed by atoms with van der Waals surface area (Å²) in [4.78, 5) is 21.1. The van der Waals surface area contributed by atoms with Gasteiger partial charge in [0, 0.05) is 17.3 Å². The minimum absolute atomic E-state index is 0.238. The SMILES string of the molecule is O=C(Nc1ccccc1-c1nc2ccccc2s1)c1ccnc(Cl)c1. The molecule has 4 rings (SSSR count). The van der Waals surface area contributed by atoms with Gasteiger partial charge in [-0.15, -0.1) is 11.3 Å². The minimum atomic E-state index is -0.238. The van der Waals surface area contributed by atoms with Gasteiger partial charge in [-0.05, 0) is 36.4 Å². The van der Waals surface area contributed by atoms with Gasteiger partial charge in [-0.3, -0.25) is 4.79 Å². The average molecular weight is 366 g/mol. The summed E-state index contributed by atoms with van der Waals surface area (Å²) in [5.41, 5.74) is 3.00. The van der Waals surface area contributed by atoms with Gasteiger partial charge in [-0.25, -0.2) is 9.97 Å². The Labute approximate surface area is 153 Å². The number of para-hydroxylation sites is 2. The summed E-state index contributed by atoms with van der Waals surface area (Å²) < 4.78 is 1.11. The second-order valence-electron chi connectivity index (χ2n) is 5.35. The normalized spacial score (nSPS) is 10.8. The summed E-state index contributed by atoms with van der Waals surface area (Å²) in [7, 11) is 0. The number of fused-ring (bicyclic) bond motifs is 1. The van der Waals surface area contributed by atoms with E-state index >= 15 is 0 Å². The quantitative estimate of drug-likeness (QED) is 0.503. The number of rotatable bonds is 3. The van der Waals surface area contributed by atoms with Crippen molar-refractivity contribution in [1.29, 1.82) is 0 Å². The topological polar surface area (TPSA) is 54.9 Å². The van der Waals surface area contributed by atoms with Gasteiger partial charge in [-0.2, -0.15) is 0 Å².